The van der Waals surface area contributed by atoms with Crippen molar-refractivity contribution in [3.63, 3.8) is 0 Å². The van der Waals surface area contributed by atoms with E-state index in [0.717, 1.165) is 54.6 Å². The highest BCUT2D eigenvalue weighted by Crippen LogP contribution is 2.22. The minimum absolute atomic E-state index is 0.292. The molecule has 0 aliphatic carbocycles. The van der Waals surface area contributed by atoms with Gasteiger partial charge in [0.2, 0.25) is 5.95 Å². The van der Waals surface area contributed by atoms with Crippen molar-refractivity contribution >= 4 is 5.95 Å². The lowest BCUT2D eigenvalue weighted by atomic mass is 10.1. The second-order valence-electron chi connectivity index (χ2n) is 5.84. The van der Waals surface area contributed by atoms with Crippen molar-refractivity contribution in [3.8, 4) is 11.3 Å². The number of pyridine rings is 1. The summed E-state index contributed by atoms with van der Waals surface area (Å²) in [4.78, 5) is 15.7. The van der Waals surface area contributed by atoms with Crippen LogP contribution in [0.25, 0.3) is 11.3 Å². The number of aromatic nitrogens is 3. The van der Waals surface area contributed by atoms with Crippen LogP contribution in [0.3, 0.4) is 0 Å². The predicted molar refractivity (Wildman–Crippen MR) is 87.0 cm³/mol. The number of hydrogen-bond donors (Lipinski definition) is 0. The van der Waals surface area contributed by atoms with Gasteiger partial charge in [0.05, 0.1) is 11.8 Å². The van der Waals surface area contributed by atoms with Gasteiger partial charge in [-0.1, -0.05) is 0 Å². The Morgan fingerprint density at radius 2 is 2.09 bits per heavy atom. The lowest BCUT2D eigenvalue weighted by Gasteiger charge is -2.21. The lowest BCUT2D eigenvalue weighted by Crippen LogP contribution is -2.29. The van der Waals surface area contributed by atoms with E-state index in [1.165, 1.54) is 0 Å². The van der Waals surface area contributed by atoms with Gasteiger partial charge in [0, 0.05) is 43.3 Å². The normalized spacial score (nSPS) is 17.7. The molecule has 5 heteroatoms. The summed E-state index contributed by atoms with van der Waals surface area (Å²) < 4.78 is 5.69. The molecule has 2 aromatic heterocycles. The van der Waals surface area contributed by atoms with Crippen LogP contribution < -0.4 is 4.90 Å². The maximum absolute atomic E-state index is 5.69. The number of aryl methyl sites for hydroxylation is 2. The maximum atomic E-state index is 5.69. The molecule has 0 radical (unpaired) electrons. The molecule has 1 fully saturated rings. The topological polar surface area (TPSA) is 51.1 Å². The molecule has 1 aliphatic rings. The van der Waals surface area contributed by atoms with Crippen LogP contribution in [-0.4, -0.2) is 41.3 Å². The van der Waals surface area contributed by atoms with Gasteiger partial charge in [-0.05, 0) is 44.9 Å². The van der Waals surface area contributed by atoms with E-state index in [1.807, 2.05) is 39.2 Å². The molecule has 3 rings (SSSR count). The molecule has 3 heterocycles. The van der Waals surface area contributed by atoms with Crippen LogP contribution in [0.1, 0.15) is 24.2 Å². The molecule has 0 amide bonds. The molecule has 22 heavy (non-hydrogen) atoms. The van der Waals surface area contributed by atoms with Crippen LogP contribution in [0.2, 0.25) is 0 Å². The van der Waals surface area contributed by atoms with Crippen molar-refractivity contribution in [2.45, 2.75) is 32.8 Å². The minimum Gasteiger partial charge on any atom is -0.376 e. The van der Waals surface area contributed by atoms with Crippen LogP contribution in [0.5, 0.6) is 0 Å². The quantitative estimate of drug-likeness (QED) is 0.868. The summed E-state index contributed by atoms with van der Waals surface area (Å²) in [7, 11) is 2.01. The van der Waals surface area contributed by atoms with E-state index in [0.29, 0.717) is 6.10 Å². The van der Waals surface area contributed by atoms with E-state index in [1.54, 1.807) is 0 Å². The summed E-state index contributed by atoms with van der Waals surface area (Å²) >= 11 is 0. The molecule has 116 valence electrons. The van der Waals surface area contributed by atoms with Gasteiger partial charge in [0.15, 0.2) is 0 Å². The zero-order valence-electron chi connectivity index (χ0n) is 13.4. The fourth-order valence-corrected chi connectivity index (χ4v) is 2.82. The molecule has 5 nitrogen and oxygen atoms in total. The number of ether oxygens (including phenoxy) is 1. The molecule has 0 spiro atoms. The SMILES string of the molecule is Cc1ccc(-c2ccnc(N(C)C[C@@H]3CCCO3)n2)c(C)n1. The van der Waals surface area contributed by atoms with Gasteiger partial charge < -0.3 is 9.64 Å². The zero-order valence-corrected chi connectivity index (χ0v) is 13.4. The number of nitrogens with zero attached hydrogens (tertiary/aromatic N) is 4. The first-order valence-corrected chi connectivity index (χ1v) is 7.74. The summed E-state index contributed by atoms with van der Waals surface area (Å²) in [5, 5.41) is 0. The van der Waals surface area contributed by atoms with E-state index in [-0.39, 0.29) is 0 Å². The number of anilines is 1. The number of rotatable bonds is 4. The third-order valence-corrected chi connectivity index (χ3v) is 3.99. The standard InChI is InChI=1S/C17H22N4O/c1-12-6-7-15(13(2)19-12)16-8-9-18-17(20-16)21(3)11-14-5-4-10-22-14/h6-9,14H,4-5,10-11H2,1-3H3/t14-/m0/s1. The summed E-state index contributed by atoms with van der Waals surface area (Å²) in [6.45, 7) is 5.71. The Morgan fingerprint density at radius 3 is 2.82 bits per heavy atom. The van der Waals surface area contributed by atoms with Crippen LogP contribution in [0.15, 0.2) is 24.4 Å². The van der Waals surface area contributed by atoms with Gasteiger partial charge in [0.25, 0.3) is 0 Å². The second kappa shape index (κ2) is 6.40. The molecule has 1 atom stereocenters. The fourth-order valence-electron chi connectivity index (χ4n) is 2.82. The third kappa shape index (κ3) is 3.25. The van der Waals surface area contributed by atoms with Crippen molar-refractivity contribution in [2.75, 3.05) is 25.1 Å². The van der Waals surface area contributed by atoms with E-state index < -0.39 is 0 Å². The monoisotopic (exact) mass is 298 g/mol. The minimum atomic E-state index is 0.292. The summed E-state index contributed by atoms with van der Waals surface area (Å²) in [5.41, 5.74) is 3.98. The second-order valence-corrected chi connectivity index (χ2v) is 5.84. The molecule has 1 saturated heterocycles. The molecule has 0 aromatic carbocycles. The highest BCUT2D eigenvalue weighted by atomic mass is 16.5. The highest BCUT2D eigenvalue weighted by Gasteiger charge is 2.19. The molecule has 0 bridgehead atoms. The molecule has 1 aliphatic heterocycles. The Kier molecular flexibility index (Phi) is 4.34. The van der Waals surface area contributed by atoms with E-state index in [4.69, 9.17) is 9.72 Å². The largest absolute Gasteiger partial charge is 0.376 e. The molecular formula is C17H22N4O. The van der Waals surface area contributed by atoms with Gasteiger partial charge >= 0.3 is 0 Å². The van der Waals surface area contributed by atoms with E-state index in [2.05, 4.69) is 20.9 Å². The number of likely N-dealkylation sites (N-methyl/N-ethyl adjacent to an activating group) is 1. The van der Waals surface area contributed by atoms with Gasteiger partial charge in [-0.25, -0.2) is 9.97 Å². The van der Waals surface area contributed by atoms with Crippen LogP contribution in [-0.2, 0) is 4.74 Å². The average Bonchev–Trinajstić information content (AvgIpc) is 3.00. The summed E-state index contributed by atoms with van der Waals surface area (Å²) in [5.74, 6) is 0.730. The zero-order chi connectivity index (χ0) is 15.5. The van der Waals surface area contributed by atoms with Crippen LogP contribution in [0, 0.1) is 13.8 Å². The van der Waals surface area contributed by atoms with Gasteiger partial charge in [-0.3, -0.25) is 4.98 Å². The highest BCUT2D eigenvalue weighted by molar-refractivity contribution is 5.62. The molecule has 0 N–H and O–H groups in total. The Balaban J connectivity index is 1.82. The van der Waals surface area contributed by atoms with Crippen molar-refractivity contribution < 1.29 is 4.74 Å². The van der Waals surface area contributed by atoms with Crippen molar-refractivity contribution in [3.05, 3.63) is 35.8 Å². The van der Waals surface area contributed by atoms with Crippen molar-refractivity contribution in [1.82, 2.24) is 15.0 Å². The average molecular weight is 298 g/mol. The first kappa shape index (κ1) is 14.9. The molecule has 2 aromatic rings. The summed E-state index contributed by atoms with van der Waals surface area (Å²) in [6.07, 6.45) is 4.36. The van der Waals surface area contributed by atoms with Crippen molar-refractivity contribution in [2.24, 2.45) is 0 Å². The first-order chi connectivity index (χ1) is 10.6. The molecule has 0 unspecified atom stereocenters. The lowest BCUT2D eigenvalue weighted by molar-refractivity contribution is 0.116. The van der Waals surface area contributed by atoms with Gasteiger partial charge in [0.1, 0.15) is 0 Å². The number of hydrogen-bond acceptors (Lipinski definition) is 5. The third-order valence-electron chi connectivity index (χ3n) is 3.99. The maximum Gasteiger partial charge on any atom is 0.225 e. The first-order valence-electron chi connectivity index (χ1n) is 7.74. The Morgan fingerprint density at radius 1 is 1.23 bits per heavy atom. The molecular weight excluding hydrogens is 276 g/mol. The Hall–Kier alpha value is -2.01. The summed E-state index contributed by atoms with van der Waals surface area (Å²) in [6, 6.07) is 6.02. The smallest absolute Gasteiger partial charge is 0.225 e. The predicted octanol–water partition coefficient (Wildman–Crippen LogP) is 2.77. The molecule has 0 saturated carbocycles. The fraction of sp³-hybridized carbons (Fsp3) is 0.471. The Bertz CT molecular complexity index is 653. The van der Waals surface area contributed by atoms with Crippen LogP contribution >= 0.6 is 0 Å². The van der Waals surface area contributed by atoms with E-state index >= 15 is 0 Å². The van der Waals surface area contributed by atoms with E-state index in [9.17, 15) is 0 Å². The Labute approximate surface area is 131 Å². The van der Waals surface area contributed by atoms with Gasteiger partial charge in [-0.2, -0.15) is 0 Å². The van der Waals surface area contributed by atoms with Crippen LogP contribution in [0.4, 0.5) is 5.95 Å². The van der Waals surface area contributed by atoms with Crippen molar-refractivity contribution in [1.29, 1.82) is 0 Å². The van der Waals surface area contributed by atoms with Gasteiger partial charge in [-0.15, -0.1) is 0 Å².